The molecule has 0 radical (unpaired) electrons. The van der Waals surface area contributed by atoms with E-state index in [4.69, 9.17) is 14.9 Å². The van der Waals surface area contributed by atoms with Crippen molar-refractivity contribution in [2.75, 3.05) is 6.54 Å². The average Bonchev–Trinajstić information content (AvgIpc) is 3.06. The molecule has 4 rings (SSSR count). The molecule has 32 heavy (non-hydrogen) atoms. The minimum Gasteiger partial charge on any atom is -0.481 e. The average molecular weight is 437 g/mol. The van der Waals surface area contributed by atoms with Crippen molar-refractivity contribution in [2.24, 2.45) is 5.41 Å². The Bertz CT molecular complexity index is 1110. The lowest BCUT2D eigenvalue weighted by molar-refractivity contribution is -0.156. The van der Waals surface area contributed by atoms with Crippen molar-refractivity contribution in [3.8, 4) is 11.5 Å². The molecule has 3 heterocycles. The third-order valence-corrected chi connectivity index (χ3v) is 5.78. The summed E-state index contributed by atoms with van der Waals surface area (Å²) in [4.78, 5) is 30.9. The molecule has 2 unspecified atom stereocenters. The maximum absolute atomic E-state index is 13.0. The Morgan fingerprint density at radius 3 is 2.59 bits per heavy atom. The number of carbonyl (C=O) groups is 2. The molecule has 2 N–H and O–H groups in total. The van der Waals surface area contributed by atoms with Gasteiger partial charge in [0.2, 0.25) is 6.10 Å². The number of benzene rings is 1. The van der Waals surface area contributed by atoms with E-state index in [0.717, 1.165) is 17.7 Å². The van der Waals surface area contributed by atoms with Crippen molar-refractivity contribution >= 4 is 17.6 Å². The van der Waals surface area contributed by atoms with Crippen LogP contribution in [-0.4, -0.2) is 51.3 Å². The fourth-order valence-corrected chi connectivity index (χ4v) is 3.97. The third-order valence-electron chi connectivity index (χ3n) is 5.78. The second-order valence-corrected chi connectivity index (χ2v) is 9.23. The summed E-state index contributed by atoms with van der Waals surface area (Å²) in [6.07, 6.45) is -1.06. The van der Waals surface area contributed by atoms with Crippen molar-refractivity contribution in [1.82, 2.24) is 9.88 Å². The van der Waals surface area contributed by atoms with Crippen LogP contribution < -0.4 is 9.47 Å². The summed E-state index contributed by atoms with van der Waals surface area (Å²) in [5.41, 5.74) is 2.38. The maximum atomic E-state index is 13.0. The van der Waals surface area contributed by atoms with Crippen LogP contribution in [0.25, 0.3) is 0 Å². The summed E-state index contributed by atoms with van der Waals surface area (Å²) in [6.45, 7) is 8.15. The number of hydrogen-bond donors (Lipinski definition) is 2. The van der Waals surface area contributed by atoms with Crippen molar-refractivity contribution in [3.05, 3.63) is 52.8 Å². The predicted molar refractivity (Wildman–Crippen MR) is 118 cm³/mol. The summed E-state index contributed by atoms with van der Waals surface area (Å²) >= 11 is 0. The second-order valence-electron chi connectivity index (χ2n) is 9.23. The lowest BCUT2D eigenvalue weighted by Crippen LogP contribution is -2.51. The Balaban J connectivity index is 1.52. The third kappa shape index (κ3) is 3.92. The van der Waals surface area contributed by atoms with Gasteiger partial charge in [-0.15, -0.1) is 0 Å². The highest BCUT2D eigenvalue weighted by Gasteiger charge is 2.44. The van der Waals surface area contributed by atoms with E-state index >= 15 is 0 Å². The van der Waals surface area contributed by atoms with E-state index < -0.39 is 23.6 Å². The molecule has 0 amide bonds. The van der Waals surface area contributed by atoms with Crippen LogP contribution in [0.1, 0.15) is 55.0 Å². The lowest BCUT2D eigenvalue weighted by Gasteiger charge is -2.39. The molecule has 1 aromatic heterocycles. The van der Waals surface area contributed by atoms with E-state index in [2.05, 4.69) is 4.98 Å². The largest absolute Gasteiger partial charge is 0.481 e. The van der Waals surface area contributed by atoms with Gasteiger partial charge in [0.05, 0.1) is 6.54 Å². The molecule has 8 nitrogen and oxygen atoms in total. The quantitative estimate of drug-likeness (QED) is 0.690. The first kappa shape index (κ1) is 21.8. The number of nitrogens with zero attached hydrogens (tertiary/aromatic N) is 2. The van der Waals surface area contributed by atoms with Crippen LogP contribution in [0.4, 0.5) is 0 Å². The van der Waals surface area contributed by atoms with Gasteiger partial charge >= 0.3 is 5.97 Å². The number of carbonyl (C=O) groups excluding carboxylic acids is 1. The van der Waals surface area contributed by atoms with Gasteiger partial charge in [0.15, 0.2) is 23.4 Å². The zero-order valence-electron chi connectivity index (χ0n) is 18.6. The zero-order valence-corrected chi connectivity index (χ0v) is 18.6. The van der Waals surface area contributed by atoms with Gasteiger partial charge in [0, 0.05) is 28.8 Å². The Labute approximate surface area is 186 Å². The topological polar surface area (TPSA) is 113 Å². The highest BCUT2D eigenvalue weighted by atomic mass is 16.6. The molecular weight excluding hydrogens is 410 g/mol. The molecule has 1 aromatic carbocycles. The number of fused-ring (bicyclic) bond motifs is 2. The number of hydrogen-bond acceptors (Lipinski definition) is 6. The summed E-state index contributed by atoms with van der Waals surface area (Å²) in [7, 11) is 0. The molecule has 0 aliphatic carbocycles. The van der Waals surface area contributed by atoms with Crippen molar-refractivity contribution in [1.29, 1.82) is 5.41 Å². The number of rotatable bonds is 5. The Morgan fingerprint density at radius 2 is 1.94 bits per heavy atom. The van der Waals surface area contributed by atoms with E-state index in [1.807, 2.05) is 39.8 Å². The van der Waals surface area contributed by atoms with Gasteiger partial charge in [-0.2, -0.15) is 0 Å². The van der Waals surface area contributed by atoms with Crippen LogP contribution in [0.5, 0.6) is 11.5 Å². The molecule has 0 bridgehead atoms. The number of amidine groups is 1. The van der Waals surface area contributed by atoms with E-state index in [-0.39, 0.29) is 23.9 Å². The van der Waals surface area contributed by atoms with E-state index in [1.165, 1.54) is 6.07 Å². The Morgan fingerprint density at radius 1 is 1.19 bits per heavy atom. The highest BCUT2D eigenvalue weighted by Crippen LogP contribution is 2.40. The van der Waals surface area contributed by atoms with Crippen LogP contribution in [0, 0.1) is 10.8 Å². The normalized spacial score (nSPS) is 19.6. The van der Waals surface area contributed by atoms with E-state index in [0.29, 0.717) is 23.6 Å². The molecule has 2 atom stereocenters. The number of aliphatic carboxylic acids is 1. The fraction of sp³-hybridized carbons (Fsp3) is 0.417. The number of aromatic nitrogens is 1. The van der Waals surface area contributed by atoms with Gasteiger partial charge in [0.25, 0.3) is 0 Å². The Hall–Kier alpha value is -3.42. The molecule has 2 aliphatic heterocycles. The molecule has 0 spiro atoms. The van der Waals surface area contributed by atoms with Crippen molar-refractivity contribution < 1.29 is 24.2 Å². The standard InChI is InChI=1S/C24H27N3O5/c1-5-15-8-6-14-11-27(22(25)19(14)26-15)12-16(28)13-7-9-17-18(10-13)31-20(23(29)30)21(32-17)24(2,3)4/h6-10,20-21,25H,5,11-12H2,1-4H3,(H,29,30). The first-order valence-corrected chi connectivity index (χ1v) is 10.6. The summed E-state index contributed by atoms with van der Waals surface area (Å²) in [5.74, 6) is -0.432. The van der Waals surface area contributed by atoms with Gasteiger partial charge in [-0.05, 0) is 30.7 Å². The number of pyridine rings is 1. The molecule has 2 aliphatic rings. The first-order chi connectivity index (χ1) is 15.1. The smallest absolute Gasteiger partial charge is 0.348 e. The summed E-state index contributed by atoms with van der Waals surface area (Å²) in [6, 6.07) is 8.71. The second kappa shape index (κ2) is 7.93. The van der Waals surface area contributed by atoms with Crippen LogP contribution in [-0.2, 0) is 17.8 Å². The monoisotopic (exact) mass is 437 g/mol. The molecule has 0 fully saturated rings. The molecule has 8 heteroatoms. The number of ketones is 1. The maximum Gasteiger partial charge on any atom is 0.348 e. The zero-order chi connectivity index (χ0) is 23.2. The summed E-state index contributed by atoms with van der Waals surface area (Å²) < 4.78 is 11.7. The van der Waals surface area contributed by atoms with Crippen molar-refractivity contribution in [3.63, 3.8) is 0 Å². The van der Waals surface area contributed by atoms with E-state index in [9.17, 15) is 14.7 Å². The molecule has 2 aromatic rings. The number of carboxylic acid groups (broad SMARTS) is 1. The van der Waals surface area contributed by atoms with Crippen molar-refractivity contribution in [2.45, 2.75) is 52.9 Å². The minimum atomic E-state index is -1.17. The van der Waals surface area contributed by atoms with Gasteiger partial charge in [-0.25, -0.2) is 9.78 Å². The first-order valence-electron chi connectivity index (χ1n) is 10.6. The molecule has 0 saturated carbocycles. The molecule has 168 valence electrons. The number of nitrogens with one attached hydrogen (secondary N) is 1. The SMILES string of the molecule is CCc1ccc2c(n1)C(=N)N(CC(=O)c1ccc3c(c1)OC(C(=O)O)C(C(C)(C)C)O3)C2. The number of ether oxygens (including phenoxy) is 2. The summed E-state index contributed by atoms with van der Waals surface area (Å²) in [5, 5.41) is 18.0. The molecule has 0 saturated heterocycles. The Kier molecular flexibility index (Phi) is 5.40. The van der Waals surface area contributed by atoms with Crippen LogP contribution >= 0.6 is 0 Å². The van der Waals surface area contributed by atoms with Gasteiger partial charge in [0.1, 0.15) is 11.5 Å². The minimum absolute atomic E-state index is 0.0171. The van der Waals surface area contributed by atoms with E-state index in [1.54, 1.807) is 17.0 Å². The lowest BCUT2D eigenvalue weighted by atomic mass is 9.85. The highest BCUT2D eigenvalue weighted by molar-refractivity contribution is 6.04. The molecular formula is C24H27N3O5. The van der Waals surface area contributed by atoms with Gasteiger partial charge < -0.3 is 19.5 Å². The number of carboxylic acids is 1. The van der Waals surface area contributed by atoms with Crippen LogP contribution in [0.15, 0.2) is 30.3 Å². The number of aryl methyl sites for hydroxylation is 1. The fourth-order valence-electron chi connectivity index (χ4n) is 3.97. The number of Topliss-reactive ketones (excluding diaryl/α,β-unsaturated/α-hetero) is 1. The van der Waals surface area contributed by atoms with Gasteiger partial charge in [-0.1, -0.05) is 33.8 Å². The van der Waals surface area contributed by atoms with Crippen LogP contribution in [0.2, 0.25) is 0 Å². The van der Waals surface area contributed by atoms with Crippen LogP contribution in [0.3, 0.4) is 0 Å². The predicted octanol–water partition coefficient (Wildman–Crippen LogP) is 3.31. The van der Waals surface area contributed by atoms with Gasteiger partial charge in [-0.3, -0.25) is 10.2 Å².